The second-order valence-electron chi connectivity index (χ2n) is 5.20. The molecule has 1 aliphatic rings. The highest BCUT2D eigenvalue weighted by atomic mass is 15.2. The van der Waals surface area contributed by atoms with Gasteiger partial charge in [-0.05, 0) is 18.3 Å². The van der Waals surface area contributed by atoms with Gasteiger partial charge in [0.05, 0.1) is 6.33 Å². The van der Waals surface area contributed by atoms with E-state index >= 15 is 0 Å². The highest BCUT2D eigenvalue weighted by Gasteiger charge is 2.25. The fourth-order valence-electron chi connectivity index (χ4n) is 2.52. The molecule has 96 valence electrons. The summed E-state index contributed by atoms with van der Waals surface area (Å²) < 4.78 is 0. The molecule has 2 aromatic rings. The van der Waals surface area contributed by atoms with Crippen LogP contribution in [0, 0.1) is 11.8 Å². The average Bonchev–Trinajstić information content (AvgIpc) is 2.79. The maximum absolute atomic E-state index is 5.75. The lowest BCUT2D eigenvalue weighted by Crippen LogP contribution is -2.39. The maximum atomic E-state index is 5.75. The van der Waals surface area contributed by atoms with Crippen LogP contribution in [0.5, 0.6) is 0 Å². The molecule has 2 unspecified atom stereocenters. The summed E-state index contributed by atoms with van der Waals surface area (Å²) in [5, 5.41) is 0. The van der Waals surface area contributed by atoms with Crippen molar-refractivity contribution in [3.63, 3.8) is 0 Å². The van der Waals surface area contributed by atoms with E-state index in [1.165, 1.54) is 6.42 Å². The Labute approximate surface area is 106 Å². The molecule has 2 atom stereocenters. The lowest BCUT2D eigenvalue weighted by atomic mass is 9.89. The summed E-state index contributed by atoms with van der Waals surface area (Å²) >= 11 is 0. The SMILES string of the molecule is CC1CCN(c2nc(N)nc3nc[nH]c23)CC1C. The third-order valence-corrected chi connectivity index (χ3v) is 3.92. The molecule has 3 heterocycles. The summed E-state index contributed by atoms with van der Waals surface area (Å²) in [4.78, 5) is 18.0. The van der Waals surface area contributed by atoms with Gasteiger partial charge in [0.2, 0.25) is 5.95 Å². The summed E-state index contributed by atoms with van der Waals surface area (Å²) in [7, 11) is 0. The third kappa shape index (κ3) is 1.77. The molecule has 0 saturated carbocycles. The molecule has 1 saturated heterocycles. The zero-order chi connectivity index (χ0) is 12.7. The highest BCUT2D eigenvalue weighted by molar-refractivity contribution is 5.84. The number of H-pyrrole nitrogens is 1. The van der Waals surface area contributed by atoms with Gasteiger partial charge in [-0.25, -0.2) is 4.98 Å². The number of piperidine rings is 1. The first-order valence-corrected chi connectivity index (χ1v) is 6.36. The summed E-state index contributed by atoms with van der Waals surface area (Å²) in [6, 6.07) is 0. The van der Waals surface area contributed by atoms with Crippen LogP contribution in [0.15, 0.2) is 6.33 Å². The van der Waals surface area contributed by atoms with Crippen LogP contribution in [0.2, 0.25) is 0 Å². The molecule has 3 rings (SSSR count). The van der Waals surface area contributed by atoms with Crippen molar-refractivity contribution in [1.82, 2.24) is 19.9 Å². The second kappa shape index (κ2) is 4.12. The summed E-state index contributed by atoms with van der Waals surface area (Å²) in [6.45, 7) is 6.61. The number of nitrogens with two attached hydrogens (primary N) is 1. The Hall–Kier alpha value is -1.85. The van der Waals surface area contributed by atoms with Crippen LogP contribution < -0.4 is 10.6 Å². The van der Waals surface area contributed by atoms with Crippen LogP contribution in [0.4, 0.5) is 11.8 Å². The molecule has 0 spiro atoms. The Morgan fingerprint density at radius 3 is 2.94 bits per heavy atom. The van der Waals surface area contributed by atoms with Crippen molar-refractivity contribution in [1.29, 1.82) is 0 Å². The monoisotopic (exact) mass is 246 g/mol. The van der Waals surface area contributed by atoms with Gasteiger partial charge in [-0.15, -0.1) is 0 Å². The Balaban J connectivity index is 2.01. The highest BCUT2D eigenvalue weighted by Crippen LogP contribution is 2.29. The second-order valence-corrected chi connectivity index (χ2v) is 5.20. The first-order valence-electron chi connectivity index (χ1n) is 6.36. The average molecular weight is 246 g/mol. The molecule has 0 bridgehead atoms. The van der Waals surface area contributed by atoms with Crippen LogP contribution in [-0.4, -0.2) is 33.0 Å². The fourth-order valence-corrected chi connectivity index (χ4v) is 2.52. The van der Waals surface area contributed by atoms with Gasteiger partial charge in [-0.3, -0.25) is 0 Å². The number of nitrogen functional groups attached to an aromatic ring is 1. The van der Waals surface area contributed by atoms with Gasteiger partial charge >= 0.3 is 0 Å². The zero-order valence-electron chi connectivity index (χ0n) is 10.7. The van der Waals surface area contributed by atoms with Crippen molar-refractivity contribution in [3.05, 3.63) is 6.33 Å². The predicted molar refractivity (Wildman–Crippen MR) is 71.3 cm³/mol. The smallest absolute Gasteiger partial charge is 0.224 e. The van der Waals surface area contributed by atoms with E-state index in [0.717, 1.165) is 30.3 Å². The number of imidazole rings is 1. The van der Waals surface area contributed by atoms with Gasteiger partial charge in [-0.2, -0.15) is 9.97 Å². The van der Waals surface area contributed by atoms with E-state index in [2.05, 4.69) is 38.7 Å². The van der Waals surface area contributed by atoms with Gasteiger partial charge in [0.1, 0.15) is 5.52 Å². The Bertz CT molecular complexity index is 563. The topological polar surface area (TPSA) is 83.7 Å². The van der Waals surface area contributed by atoms with Gasteiger partial charge in [0.15, 0.2) is 11.5 Å². The molecule has 2 aromatic heterocycles. The lowest BCUT2D eigenvalue weighted by molar-refractivity contribution is 0.323. The van der Waals surface area contributed by atoms with E-state index < -0.39 is 0 Å². The standard InChI is InChI=1S/C12H18N6/c1-7-3-4-18(5-8(7)2)11-9-10(15-6-14-9)16-12(13)17-11/h6-8H,3-5H2,1-2H3,(H3,13,14,15,16,17). The molecule has 0 amide bonds. The Kier molecular flexibility index (Phi) is 2.57. The van der Waals surface area contributed by atoms with E-state index in [4.69, 9.17) is 5.73 Å². The van der Waals surface area contributed by atoms with E-state index in [0.29, 0.717) is 11.6 Å². The lowest BCUT2D eigenvalue weighted by Gasteiger charge is -2.36. The van der Waals surface area contributed by atoms with Crippen molar-refractivity contribution in [2.75, 3.05) is 23.7 Å². The largest absolute Gasteiger partial charge is 0.368 e. The zero-order valence-corrected chi connectivity index (χ0v) is 10.7. The maximum Gasteiger partial charge on any atom is 0.224 e. The molecule has 6 heteroatoms. The number of nitrogens with one attached hydrogen (secondary N) is 1. The fraction of sp³-hybridized carbons (Fsp3) is 0.583. The minimum absolute atomic E-state index is 0.288. The third-order valence-electron chi connectivity index (χ3n) is 3.92. The van der Waals surface area contributed by atoms with Gasteiger partial charge < -0.3 is 15.6 Å². The molecule has 6 nitrogen and oxygen atoms in total. The molecular formula is C12H18N6. The molecule has 3 N–H and O–H groups in total. The molecular weight excluding hydrogens is 228 g/mol. The van der Waals surface area contributed by atoms with Crippen molar-refractivity contribution in [3.8, 4) is 0 Å². The Morgan fingerprint density at radius 1 is 1.33 bits per heavy atom. The molecule has 0 radical (unpaired) electrons. The van der Waals surface area contributed by atoms with E-state index in [1.807, 2.05) is 0 Å². The van der Waals surface area contributed by atoms with Crippen LogP contribution in [-0.2, 0) is 0 Å². The summed E-state index contributed by atoms with van der Waals surface area (Å²) in [6.07, 6.45) is 2.82. The molecule has 1 fully saturated rings. The van der Waals surface area contributed by atoms with Crippen LogP contribution >= 0.6 is 0 Å². The van der Waals surface area contributed by atoms with Crippen molar-refractivity contribution in [2.45, 2.75) is 20.3 Å². The number of aromatic nitrogens is 4. The number of aromatic amines is 1. The normalized spacial score (nSPS) is 24.7. The number of hydrogen-bond donors (Lipinski definition) is 2. The van der Waals surface area contributed by atoms with Crippen LogP contribution in [0.3, 0.4) is 0 Å². The van der Waals surface area contributed by atoms with Gasteiger partial charge in [-0.1, -0.05) is 13.8 Å². The minimum Gasteiger partial charge on any atom is -0.368 e. The number of rotatable bonds is 1. The number of hydrogen-bond acceptors (Lipinski definition) is 5. The van der Waals surface area contributed by atoms with Crippen LogP contribution in [0.1, 0.15) is 20.3 Å². The molecule has 18 heavy (non-hydrogen) atoms. The minimum atomic E-state index is 0.288. The van der Waals surface area contributed by atoms with E-state index in [1.54, 1.807) is 6.33 Å². The molecule has 1 aliphatic heterocycles. The number of nitrogens with zero attached hydrogens (tertiary/aromatic N) is 4. The van der Waals surface area contributed by atoms with Crippen molar-refractivity contribution in [2.24, 2.45) is 11.8 Å². The van der Waals surface area contributed by atoms with Gasteiger partial charge in [0, 0.05) is 13.1 Å². The first-order chi connectivity index (χ1) is 8.65. The molecule has 0 aliphatic carbocycles. The van der Waals surface area contributed by atoms with E-state index in [-0.39, 0.29) is 5.95 Å². The number of fused-ring (bicyclic) bond motifs is 1. The number of anilines is 2. The summed E-state index contributed by atoms with van der Waals surface area (Å²) in [5.74, 6) is 2.59. The quantitative estimate of drug-likeness (QED) is 0.795. The molecule has 0 aromatic carbocycles. The predicted octanol–water partition coefficient (Wildman–Crippen LogP) is 1.42. The van der Waals surface area contributed by atoms with Crippen LogP contribution in [0.25, 0.3) is 11.2 Å². The van der Waals surface area contributed by atoms with Crippen molar-refractivity contribution >= 4 is 22.9 Å². The van der Waals surface area contributed by atoms with Crippen molar-refractivity contribution < 1.29 is 0 Å². The summed E-state index contributed by atoms with van der Waals surface area (Å²) in [5.41, 5.74) is 7.27. The van der Waals surface area contributed by atoms with Gasteiger partial charge in [0.25, 0.3) is 0 Å². The van der Waals surface area contributed by atoms with E-state index in [9.17, 15) is 0 Å². The Morgan fingerprint density at radius 2 is 2.17 bits per heavy atom. The first kappa shape index (κ1) is 11.3.